The highest BCUT2D eigenvalue weighted by atomic mass is 15.1. The molecule has 0 radical (unpaired) electrons. The minimum Gasteiger partial charge on any atom is -0.363 e. The molecule has 0 spiro atoms. The van der Waals surface area contributed by atoms with Gasteiger partial charge in [-0.15, -0.1) is 0 Å². The Morgan fingerprint density at radius 3 is 2.60 bits per heavy atom. The van der Waals surface area contributed by atoms with Crippen LogP contribution < -0.4 is 0 Å². The number of hydrogen-bond donors (Lipinski definition) is 0. The first-order valence-corrected chi connectivity index (χ1v) is 3.86. The van der Waals surface area contributed by atoms with Crippen LogP contribution in [0.3, 0.4) is 0 Å². The van der Waals surface area contributed by atoms with Gasteiger partial charge in [0.1, 0.15) is 0 Å². The van der Waals surface area contributed by atoms with Crippen LogP contribution in [-0.2, 0) is 0 Å². The summed E-state index contributed by atoms with van der Waals surface area (Å²) in [5, 5.41) is 0. The molecular weight excluding hydrogens is 124 g/mol. The molecule has 0 aromatic rings. The zero-order valence-corrected chi connectivity index (χ0v) is 7.46. The summed E-state index contributed by atoms with van der Waals surface area (Å²) >= 11 is 0. The Bertz CT molecular complexity index is 99.4. The molecule has 0 rings (SSSR count). The summed E-state index contributed by atoms with van der Waals surface area (Å²) in [5.41, 5.74) is 0. The van der Waals surface area contributed by atoms with Crippen molar-refractivity contribution in [2.45, 2.75) is 32.7 Å². The van der Waals surface area contributed by atoms with E-state index in [0.717, 1.165) is 0 Å². The third-order valence-corrected chi connectivity index (χ3v) is 1.70. The van der Waals surface area contributed by atoms with Gasteiger partial charge >= 0.3 is 0 Å². The van der Waals surface area contributed by atoms with Crippen molar-refractivity contribution in [1.29, 1.82) is 0 Å². The van der Waals surface area contributed by atoms with E-state index >= 15 is 0 Å². The molecule has 10 heavy (non-hydrogen) atoms. The van der Waals surface area contributed by atoms with E-state index in [0.29, 0.717) is 6.04 Å². The fourth-order valence-electron chi connectivity index (χ4n) is 0.917. The molecule has 0 aromatic heterocycles. The van der Waals surface area contributed by atoms with Gasteiger partial charge in [0.05, 0.1) is 6.34 Å². The van der Waals surface area contributed by atoms with E-state index in [1.165, 1.54) is 12.8 Å². The maximum absolute atomic E-state index is 3.94. The van der Waals surface area contributed by atoms with Gasteiger partial charge in [0.15, 0.2) is 0 Å². The molecule has 0 aliphatic heterocycles. The van der Waals surface area contributed by atoms with E-state index in [2.05, 4.69) is 30.8 Å². The van der Waals surface area contributed by atoms with Crippen LogP contribution in [0.5, 0.6) is 0 Å². The van der Waals surface area contributed by atoms with Crippen molar-refractivity contribution in [1.82, 2.24) is 4.90 Å². The first-order chi connectivity index (χ1) is 4.72. The first kappa shape index (κ1) is 9.47. The maximum atomic E-state index is 3.94. The molecule has 2 heteroatoms. The number of hydrogen-bond acceptors (Lipinski definition) is 1. The summed E-state index contributed by atoms with van der Waals surface area (Å²) in [6.07, 6.45) is 4.35. The predicted molar refractivity (Wildman–Crippen MR) is 46.5 cm³/mol. The van der Waals surface area contributed by atoms with Crippen LogP contribution in [0.25, 0.3) is 0 Å². The van der Waals surface area contributed by atoms with Gasteiger partial charge in [0.2, 0.25) is 0 Å². The van der Waals surface area contributed by atoms with Gasteiger partial charge < -0.3 is 4.90 Å². The second-order valence-electron chi connectivity index (χ2n) is 2.68. The lowest BCUT2D eigenvalue weighted by Gasteiger charge is -2.21. The third kappa shape index (κ3) is 3.49. The molecule has 0 heterocycles. The standard InChI is InChI=1S/C8H18N2/c1-5-6-8(2)10(4)7-9-3/h7-8H,5-6H2,1-4H3/b9-7+/t8-/m0/s1. The Morgan fingerprint density at radius 2 is 2.20 bits per heavy atom. The van der Waals surface area contributed by atoms with Crippen molar-refractivity contribution in [2.24, 2.45) is 4.99 Å². The summed E-state index contributed by atoms with van der Waals surface area (Å²) in [5.74, 6) is 0. The van der Waals surface area contributed by atoms with Gasteiger partial charge in [0.25, 0.3) is 0 Å². The number of aliphatic imine (C=N–C) groups is 1. The summed E-state index contributed by atoms with van der Waals surface area (Å²) in [4.78, 5) is 6.08. The Balaban J connectivity index is 3.58. The quantitative estimate of drug-likeness (QED) is 0.431. The molecule has 0 aliphatic rings. The largest absolute Gasteiger partial charge is 0.363 e. The highest BCUT2D eigenvalue weighted by Crippen LogP contribution is 2.00. The Labute approximate surface area is 63.9 Å². The van der Waals surface area contributed by atoms with E-state index in [9.17, 15) is 0 Å². The third-order valence-electron chi connectivity index (χ3n) is 1.70. The van der Waals surface area contributed by atoms with Crippen molar-refractivity contribution in [2.75, 3.05) is 14.1 Å². The van der Waals surface area contributed by atoms with Crippen molar-refractivity contribution < 1.29 is 0 Å². The number of nitrogens with zero attached hydrogens (tertiary/aromatic N) is 2. The minimum absolute atomic E-state index is 0.619. The first-order valence-electron chi connectivity index (χ1n) is 3.86. The van der Waals surface area contributed by atoms with Crippen LogP contribution >= 0.6 is 0 Å². The zero-order chi connectivity index (χ0) is 7.98. The molecule has 0 aliphatic carbocycles. The summed E-state index contributed by atoms with van der Waals surface area (Å²) in [7, 11) is 3.86. The highest BCUT2D eigenvalue weighted by molar-refractivity contribution is 5.54. The van der Waals surface area contributed by atoms with E-state index in [4.69, 9.17) is 0 Å². The van der Waals surface area contributed by atoms with Gasteiger partial charge in [-0.1, -0.05) is 13.3 Å². The van der Waals surface area contributed by atoms with Crippen LogP contribution in [0.1, 0.15) is 26.7 Å². The molecule has 0 N–H and O–H groups in total. The average Bonchev–Trinajstić information content (AvgIpc) is 1.89. The van der Waals surface area contributed by atoms with Gasteiger partial charge in [0, 0.05) is 20.1 Å². The smallest absolute Gasteiger partial charge is 0.0846 e. The molecule has 0 saturated heterocycles. The lowest BCUT2D eigenvalue weighted by Crippen LogP contribution is -2.27. The van der Waals surface area contributed by atoms with E-state index in [-0.39, 0.29) is 0 Å². The molecule has 0 amide bonds. The van der Waals surface area contributed by atoms with Crippen molar-refractivity contribution in [3.05, 3.63) is 0 Å². The number of rotatable bonds is 4. The van der Waals surface area contributed by atoms with Crippen LogP contribution in [-0.4, -0.2) is 31.4 Å². The second-order valence-corrected chi connectivity index (χ2v) is 2.68. The SMILES string of the molecule is CCC[C@H](C)N(C)/C=N/C. The molecule has 1 atom stereocenters. The summed E-state index contributed by atoms with van der Waals surface area (Å²) in [6.45, 7) is 4.42. The molecule has 0 fully saturated rings. The van der Waals surface area contributed by atoms with Crippen molar-refractivity contribution in [3.8, 4) is 0 Å². The summed E-state index contributed by atoms with van der Waals surface area (Å²) in [6, 6.07) is 0.619. The summed E-state index contributed by atoms with van der Waals surface area (Å²) < 4.78 is 0. The fraction of sp³-hybridized carbons (Fsp3) is 0.875. The molecule has 0 unspecified atom stereocenters. The average molecular weight is 142 g/mol. The van der Waals surface area contributed by atoms with Crippen molar-refractivity contribution >= 4 is 6.34 Å². The van der Waals surface area contributed by atoms with Gasteiger partial charge in [-0.2, -0.15) is 0 Å². The monoisotopic (exact) mass is 142 g/mol. The lowest BCUT2D eigenvalue weighted by molar-refractivity contribution is 0.376. The van der Waals surface area contributed by atoms with E-state index in [1.807, 2.05) is 6.34 Å². The topological polar surface area (TPSA) is 15.6 Å². The van der Waals surface area contributed by atoms with Gasteiger partial charge in [-0.3, -0.25) is 4.99 Å². The van der Waals surface area contributed by atoms with Crippen molar-refractivity contribution in [3.63, 3.8) is 0 Å². The lowest BCUT2D eigenvalue weighted by atomic mass is 10.2. The fourth-order valence-corrected chi connectivity index (χ4v) is 0.917. The van der Waals surface area contributed by atoms with Crippen LogP contribution in [0.4, 0.5) is 0 Å². The zero-order valence-electron chi connectivity index (χ0n) is 7.46. The van der Waals surface area contributed by atoms with E-state index in [1.54, 1.807) is 7.05 Å². The van der Waals surface area contributed by atoms with Gasteiger partial charge in [-0.05, 0) is 13.3 Å². The van der Waals surface area contributed by atoms with Crippen LogP contribution in [0.15, 0.2) is 4.99 Å². The minimum atomic E-state index is 0.619. The highest BCUT2D eigenvalue weighted by Gasteiger charge is 2.02. The molecule has 60 valence electrons. The van der Waals surface area contributed by atoms with Crippen LogP contribution in [0, 0.1) is 0 Å². The Hall–Kier alpha value is -0.530. The molecule has 0 saturated carbocycles. The van der Waals surface area contributed by atoms with E-state index < -0.39 is 0 Å². The maximum Gasteiger partial charge on any atom is 0.0846 e. The Morgan fingerprint density at radius 1 is 1.60 bits per heavy atom. The molecule has 0 bridgehead atoms. The molecule has 0 aromatic carbocycles. The predicted octanol–water partition coefficient (Wildman–Crippen LogP) is 1.76. The van der Waals surface area contributed by atoms with Crippen LogP contribution in [0.2, 0.25) is 0 Å². The molecular formula is C8H18N2. The normalized spacial score (nSPS) is 14.0. The second kappa shape index (κ2) is 5.27. The van der Waals surface area contributed by atoms with Gasteiger partial charge in [-0.25, -0.2) is 0 Å². The Kier molecular flexibility index (Phi) is 4.99. The molecule has 2 nitrogen and oxygen atoms in total.